The summed E-state index contributed by atoms with van der Waals surface area (Å²) in [5, 5.41) is 19.7. The van der Waals surface area contributed by atoms with Crippen LogP contribution in [-0.4, -0.2) is 32.9 Å². The van der Waals surface area contributed by atoms with Gasteiger partial charge >= 0.3 is 0 Å². The van der Waals surface area contributed by atoms with Crippen LogP contribution in [0.5, 0.6) is 0 Å². The molecule has 2 fully saturated rings. The van der Waals surface area contributed by atoms with Gasteiger partial charge in [-0.15, -0.1) is 0 Å². The molecule has 3 rings (SSSR count). The Bertz CT molecular complexity index is 333. The van der Waals surface area contributed by atoms with Crippen molar-refractivity contribution in [3.8, 4) is 0 Å². The van der Waals surface area contributed by atoms with Crippen LogP contribution >= 0.6 is 0 Å². The zero-order chi connectivity index (χ0) is 9.54. The summed E-state index contributed by atoms with van der Waals surface area (Å²) in [6.45, 7) is 0.657. The third-order valence-corrected chi connectivity index (χ3v) is 2.90. The largest absolute Gasteiger partial charge is 0.392 e. The molecular weight excluding hydrogens is 180 g/mol. The zero-order valence-corrected chi connectivity index (χ0v) is 7.90. The Morgan fingerprint density at radius 1 is 1.36 bits per heavy atom. The van der Waals surface area contributed by atoms with Gasteiger partial charge in [0, 0.05) is 12.5 Å². The molecular formula is C9H14N4O. The van der Waals surface area contributed by atoms with Crippen molar-refractivity contribution in [3.05, 3.63) is 11.6 Å². The number of nitrogens with zero attached hydrogens (tertiary/aromatic N) is 2. The summed E-state index contributed by atoms with van der Waals surface area (Å²) in [6.07, 6.45) is 2.93. The smallest absolute Gasteiger partial charge is 0.153 e. The number of aliphatic hydroxyl groups is 1. The van der Waals surface area contributed by atoms with Gasteiger partial charge in [0.25, 0.3) is 0 Å². The second kappa shape index (κ2) is 3.03. The lowest BCUT2D eigenvalue weighted by atomic mass is 10.2. The number of nitrogens with one attached hydrogen (secondary N) is 2. The van der Waals surface area contributed by atoms with Crippen molar-refractivity contribution >= 4 is 0 Å². The predicted molar refractivity (Wildman–Crippen MR) is 49.7 cm³/mol. The highest BCUT2D eigenvalue weighted by molar-refractivity contribution is 5.08. The molecule has 1 aromatic heterocycles. The van der Waals surface area contributed by atoms with Gasteiger partial charge in [0.15, 0.2) is 5.82 Å². The van der Waals surface area contributed by atoms with E-state index in [1.807, 2.05) is 0 Å². The first-order chi connectivity index (χ1) is 6.83. The standard InChI is InChI=1S/C9H14N4O/c14-6-3-7(10-4-6)9-11-8(12-13-9)5-1-2-5/h5-7,10,14H,1-4H2,(H,11,12,13). The normalized spacial score (nSPS) is 32.4. The Kier molecular flexibility index (Phi) is 1.81. The first kappa shape index (κ1) is 8.38. The molecule has 2 atom stereocenters. The summed E-state index contributed by atoms with van der Waals surface area (Å²) < 4.78 is 0. The van der Waals surface area contributed by atoms with E-state index in [-0.39, 0.29) is 12.1 Å². The molecule has 0 aromatic carbocycles. The fraction of sp³-hybridized carbons (Fsp3) is 0.778. The van der Waals surface area contributed by atoms with Gasteiger partial charge in [-0.3, -0.25) is 5.10 Å². The number of aromatic nitrogens is 3. The van der Waals surface area contributed by atoms with E-state index in [9.17, 15) is 5.11 Å². The minimum absolute atomic E-state index is 0.157. The van der Waals surface area contributed by atoms with Gasteiger partial charge in [-0.05, 0) is 19.3 Å². The van der Waals surface area contributed by atoms with Crippen LogP contribution in [-0.2, 0) is 0 Å². The molecule has 1 aliphatic heterocycles. The van der Waals surface area contributed by atoms with Gasteiger partial charge < -0.3 is 10.4 Å². The molecule has 0 radical (unpaired) electrons. The highest BCUT2D eigenvalue weighted by atomic mass is 16.3. The Balaban J connectivity index is 1.75. The minimum atomic E-state index is -0.241. The third kappa shape index (κ3) is 1.42. The fourth-order valence-electron chi connectivity index (χ4n) is 1.89. The highest BCUT2D eigenvalue weighted by Gasteiger charge is 2.30. The molecule has 0 spiro atoms. The van der Waals surface area contributed by atoms with Crippen molar-refractivity contribution in [3.63, 3.8) is 0 Å². The molecule has 3 N–H and O–H groups in total. The van der Waals surface area contributed by atoms with Crippen LogP contribution in [0.4, 0.5) is 0 Å². The van der Waals surface area contributed by atoms with E-state index in [1.165, 1.54) is 12.8 Å². The van der Waals surface area contributed by atoms with Gasteiger partial charge in [0.05, 0.1) is 12.1 Å². The zero-order valence-electron chi connectivity index (χ0n) is 7.90. The number of rotatable bonds is 2. The van der Waals surface area contributed by atoms with E-state index in [2.05, 4.69) is 20.5 Å². The molecule has 5 heteroatoms. The Morgan fingerprint density at radius 3 is 2.86 bits per heavy atom. The maximum absolute atomic E-state index is 9.36. The van der Waals surface area contributed by atoms with Gasteiger partial charge in [-0.25, -0.2) is 4.98 Å². The van der Waals surface area contributed by atoms with Crippen LogP contribution in [0, 0.1) is 0 Å². The number of hydrogen-bond acceptors (Lipinski definition) is 4. The van der Waals surface area contributed by atoms with Crippen molar-refractivity contribution in [2.24, 2.45) is 0 Å². The van der Waals surface area contributed by atoms with Crippen molar-refractivity contribution < 1.29 is 5.11 Å². The lowest BCUT2D eigenvalue weighted by Gasteiger charge is -2.03. The molecule has 0 bridgehead atoms. The van der Waals surface area contributed by atoms with Crippen LogP contribution in [0.1, 0.15) is 42.9 Å². The first-order valence-electron chi connectivity index (χ1n) is 5.16. The average molecular weight is 194 g/mol. The summed E-state index contributed by atoms with van der Waals surface area (Å²) >= 11 is 0. The van der Waals surface area contributed by atoms with Gasteiger partial charge in [0.1, 0.15) is 5.82 Å². The molecule has 1 saturated heterocycles. The summed E-state index contributed by atoms with van der Waals surface area (Å²) in [7, 11) is 0. The van der Waals surface area contributed by atoms with Crippen LogP contribution in [0.25, 0.3) is 0 Å². The van der Waals surface area contributed by atoms with Gasteiger partial charge in [0.2, 0.25) is 0 Å². The highest BCUT2D eigenvalue weighted by Crippen LogP contribution is 2.38. The van der Waals surface area contributed by atoms with E-state index in [1.54, 1.807) is 0 Å². The second-order valence-corrected chi connectivity index (χ2v) is 4.20. The van der Waals surface area contributed by atoms with Crippen molar-refractivity contribution in [1.82, 2.24) is 20.5 Å². The number of H-pyrrole nitrogens is 1. The minimum Gasteiger partial charge on any atom is -0.392 e. The van der Waals surface area contributed by atoms with E-state index in [0.717, 1.165) is 18.1 Å². The molecule has 1 aliphatic carbocycles. The Labute approximate surface area is 81.9 Å². The topological polar surface area (TPSA) is 73.8 Å². The number of hydrogen-bond donors (Lipinski definition) is 3. The Hall–Kier alpha value is -0.940. The fourth-order valence-corrected chi connectivity index (χ4v) is 1.89. The van der Waals surface area contributed by atoms with Crippen LogP contribution in [0.2, 0.25) is 0 Å². The Morgan fingerprint density at radius 2 is 2.21 bits per heavy atom. The molecule has 2 heterocycles. The molecule has 76 valence electrons. The molecule has 1 aromatic rings. The lowest BCUT2D eigenvalue weighted by molar-refractivity contribution is 0.193. The number of β-amino-alcohol motifs (C(OH)–C–C–N with tert-alkyl or cyclic N) is 1. The van der Waals surface area contributed by atoms with E-state index in [0.29, 0.717) is 12.5 Å². The van der Waals surface area contributed by atoms with Crippen LogP contribution in [0.3, 0.4) is 0 Å². The summed E-state index contributed by atoms with van der Waals surface area (Å²) in [5.74, 6) is 2.41. The van der Waals surface area contributed by atoms with E-state index in [4.69, 9.17) is 0 Å². The third-order valence-electron chi connectivity index (χ3n) is 2.90. The second-order valence-electron chi connectivity index (χ2n) is 4.20. The predicted octanol–water partition coefficient (Wildman–Crippen LogP) is 0.0774. The summed E-state index contributed by atoms with van der Waals surface area (Å²) in [4.78, 5) is 4.45. The van der Waals surface area contributed by atoms with Crippen LogP contribution in [0.15, 0.2) is 0 Å². The first-order valence-corrected chi connectivity index (χ1v) is 5.16. The molecule has 14 heavy (non-hydrogen) atoms. The van der Waals surface area contributed by atoms with E-state index < -0.39 is 0 Å². The maximum atomic E-state index is 9.36. The SMILES string of the molecule is OC1CNC(c2nc(C3CC3)n[nH]2)C1. The van der Waals surface area contributed by atoms with Crippen LogP contribution < -0.4 is 5.32 Å². The monoisotopic (exact) mass is 194 g/mol. The van der Waals surface area contributed by atoms with E-state index >= 15 is 0 Å². The lowest BCUT2D eigenvalue weighted by Crippen LogP contribution is -2.15. The van der Waals surface area contributed by atoms with Gasteiger partial charge in [-0.1, -0.05) is 0 Å². The molecule has 1 saturated carbocycles. The quantitative estimate of drug-likeness (QED) is 0.623. The molecule has 5 nitrogen and oxygen atoms in total. The summed E-state index contributed by atoms with van der Waals surface area (Å²) in [6, 6.07) is 0.157. The van der Waals surface area contributed by atoms with Gasteiger partial charge in [-0.2, -0.15) is 5.10 Å². The van der Waals surface area contributed by atoms with Crippen molar-refractivity contribution in [2.45, 2.75) is 37.3 Å². The van der Waals surface area contributed by atoms with Crippen molar-refractivity contribution in [2.75, 3.05) is 6.54 Å². The maximum Gasteiger partial charge on any atom is 0.153 e. The molecule has 2 unspecified atom stereocenters. The number of aromatic amines is 1. The molecule has 0 amide bonds. The molecule has 2 aliphatic rings. The average Bonchev–Trinajstić information content (AvgIpc) is 2.76. The van der Waals surface area contributed by atoms with Crippen molar-refractivity contribution in [1.29, 1.82) is 0 Å². The summed E-state index contributed by atoms with van der Waals surface area (Å²) in [5.41, 5.74) is 0. The number of aliphatic hydroxyl groups excluding tert-OH is 1.